The highest BCUT2D eigenvalue weighted by molar-refractivity contribution is 5.42. The van der Waals surface area contributed by atoms with E-state index >= 15 is 0 Å². The molecule has 0 spiro atoms. The van der Waals surface area contributed by atoms with E-state index in [2.05, 4.69) is 17.9 Å². The lowest BCUT2D eigenvalue weighted by molar-refractivity contribution is 0.0339. The van der Waals surface area contributed by atoms with Crippen LogP contribution in [0.15, 0.2) is 24.3 Å². The van der Waals surface area contributed by atoms with E-state index in [0.717, 1.165) is 13.1 Å². The Morgan fingerprint density at radius 3 is 2.63 bits per heavy atom. The molecule has 0 atom stereocenters. The van der Waals surface area contributed by atoms with E-state index in [1.807, 2.05) is 12.1 Å². The Bertz CT molecular complexity index is 433. The topological polar surface area (TPSA) is 56.5 Å². The van der Waals surface area contributed by atoms with Gasteiger partial charge in [0.1, 0.15) is 18.4 Å². The maximum atomic E-state index is 9.79. The third-order valence-corrected chi connectivity index (χ3v) is 2.73. The number of aliphatic hydroxyl groups is 1. The average Bonchev–Trinajstić information content (AvgIpc) is 2.36. The molecule has 1 aromatic carbocycles. The Hall–Kier alpha value is -1.57. The van der Waals surface area contributed by atoms with E-state index in [0.29, 0.717) is 24.5 Å². The highest BCUT2D eigenvalue weighted by atomic mass is 16.5. The van der Waals surface area contributed by atoms with Gasteiger partial charge in [-0.2, -0.15) is 5.26 Å². The van der Waals surface area contributed by atoms with Crippen molar-refractivity contribution in [3.05, 3.63) is 29.8 Å². The van der Waals surface area contributed by atoms with Crippen LogP contribution >= 0.6 is 0 Å². The zero-order valence-electron chi connectivity index (χ0n) is 11.9. The lowest BCUT2D eigenvalue weighted by Crippen LogP contribution is -2.40. The normalized spacial score (nSPS) is 11.4. The zero-order valence-corrected chi connectivity index (χ0v) is 11.9. The minimum absolute atomic E-state index is 0.503. The minimum Gasteiger partial charge on any atom is -0.491 e. The van der Waals surface area contributed by atoms with Crippen molar-refractivity contribution in [1.82, 2.24) is 4.90 Å². The van der Waals surface area contributed by atoms with Crippen LogP contribution in [0, 0.1) is 11.3 Å². The summed E-state index contributed by atoms with van der Waals surface area (Å²) in [5.74, 6) is 0.615. The summed E-state index contributed by atoms with van der Waals surface area (Å²) >= 11 is 0. The van der Waals surface area contributed by atoms with E-state index < -0.39 is 5.60 Å². The first-order valence-corrected chi connectivity index (χ1v) is 6.53. The molecule has 1 N–H and O–H groups in total. The molecule has 0 aliphatic rings. The third-order valence-electron chi connectivity index (χ3n) is 2.73. The van der Waals surface area contributed by atoms with Crippen LogP contribution in [0.1, 0.15) is 26.3 Å². The Morgan fingerprint density at radius 1 is 1.37 bits per heavy atom. The van der Waals surface area contributed by atoms with Crippen LogP contribution in [0.3, 0.4) is 0 Å². The van der Waals surface area contributed by atoms with Gasteiger partial charge in [-0.25, -0.2) is 0 Å². The summed E-state index contributed by atoms with van der Waals surface area (Å²) in [6.07, 6.45) is 0. The van der Waals surface area contributed by atoms with Crippen molar-refractivity contribution in [3.63, 3.8) is 0 Å². The molecule has 104 valence electrons. The van der Waals surface area contributed by atoms with Gasteiger partial charge in [0, 0.05) is 13.1 Å². The maximum Gasteiger partial charge on any atom is 0.137 e. The predicted molar refractivity (Wildman–Crippen MR) is 75.1 cm³/mol. The van der Waals surface area contributed by atoms with Gasteiger partial charge in [-0.1, -0.05) is 19.1 Å². The van der Waals surface area contributed by atoms with Gasteiger partial charge in [0.2, 0.25) is 0 Å². The van der Waals surface area contributed by atoms with Crippen LogP contribution < -0.4 is 4.74 Å². The van der Waals surface area contributed by atoms with Crippen LogP contribution in [0.2, 0.25) is 0 Å². The van der Waals surface area contributed by atoms with Crippen molar-refractivity contribution in [2.45, 2.75) is 26.4 Å². The molecule has 0 heterocycles. The molecule has 19 heavy (non-hydrogen) atoms. The highest BCUT2D eigenvalue weighted by Gasteiger charge is 2.17. The number of hydrogen-bond donors (Lipinski definition) is 1. The van der Waals surface area contributed by atoms with Crippen molar-refractivity contribution in [1.29, 1.82) is 5.26 Å². The number of ether oxygens (including phenoxy) is 1. The molecule has 0 aliphatic heterocycles. The van der Waals surface area contributed by atoms with E-state index in [4.69, 9.17) is 10.00 Å². The van der Waals surface area contributed by atoms with Gasteiger partial charge in [0.15, 0.2) is 0 Å². The predicted octanol–water partition coefficient (Wildman–Crippen LogP) is 2.03. The van der Waals surface area contributed by atoms with Crippen molar-refractivity contribution in [2.75, 3.05) is 26.2 Å². The molecule has 0 fully saturated rings. The quantitative estimate of drug-likeness (QED) is 0.817. The number of rotatable bonds is 7. The van der Waals surface area contributed by atoms with Gasteiger partial charge in [0.25, 0.3) is 0 Å². The molecule has 0 amide bonds. The summed E-state index contributed by atoms with van der Waals surface area (Å²) in [5, 5.41) is 18.7. The summed E-state index contributed by atoms with van der Waals surface area (Å²) in [7, 11) is 0. The zero-order chi connectivity index (χ0) is 14.3. The van der Waals surface area contributed by atoms with E-state index in [1.54, 1.807) is 26.0 Å². The molecule has 0 aromatic heterocycles. The van der Waals surface area contributed by atoms with E-state index in [9.17, 15) is 5.11 Å². The summed E-state index contributed by atoms with van der Waals surface area (Å²) in [5.41, 5.74) is -0.159. The summed E-state index contributed by atoms with van der Waals surface area (Å²) in [4.78, 5) is 2.12. The standard InChI is InChI=1S/C15H22N2O2/c1-4-17(12-15(2,3)18)9-10-19-14-8-6-5-7-13(14)11-16/h5-8,18H,4,9-10,12H2,1-3H3. The molecule has 0 bridgehead atoms. The monoisotopic (exact) mass is 262 g/mol. The van der Waals surface area contributed by atoms with Crippen molar-refractivity contribution >= 4 is 0 Å². The molecule has 4 nitrogen and oxygen atoms in total. The highest BCUT2D eigenvalue weighted by Crippen LogP contribution is 2.16. The Labute approximate surface area is 115 Å². The first kappa shape index (κ1) is 15.5. The number of hydrogen-bond acceptors (Lipinski definition) is 4. The summed E-state index contributed by atoms with van der Waals surface area (Å²) in [6, 6.07) is 9.31. The second-order valence-corrected chi connectivity index (χ2v) is 5.14. The molecular weight excluding hydrogens is 240 g/mol. The molecular formula is C15H22N2O2. The molecule has 0 unspecified atom stereocenters. The van der Waals surface area contributed by atoms with Crippen LogP contribution in [0.5, 0.6) is 5.75 Å². The SMILES string of the molecule is CCN(CCOc1ccccc1C#N)CC(C)(C)O. The van der Waals surface area contributed by atoms with Gasteiger partial charge < -0.3 is 9.84 Å². The lowest BCUT2D eigenvalue weighted by Gasteiger charge is -2.27. The molecule has 0 radical (unpaired) electrons. The van der Waals surface area contributed by atoms with Gasteiger partial charge >= 0.3 is 0 Å². The first-order valence-electron chi connectivity index (χ1n) is 6.53. The van der Waals surface area contributed by atoms with Crippen LogP contribution in [0.25, 0.3) is 0 Å². The van der Waals surface area contributed by atoms with E-state index in [-0.39, 0.29) is 0 Å². The van der Waals surface area contributed by atoms with Crippen LogP contribution in [-0.4, -0.2) is 41.8 Å². The number of likely N-dealkylation sites (N-methyl/N-ethyl adjacent to an activating group) is 1. The Kier molecular flexibility index (Phi) is 5.81. The number of nitrogens with zero attached hydrogens (tertiary/aromatic N) is 2. The summed E-state index contributed by atoms with van der Waals surface area (Å²) < 4.78 is 5.63. The maximum absolute atomic E-state index is 9.79. The molecule has 0 saturated heterocycles. The Balaban J connectivity index is 2.47. The summed E-state index contributed by atoms with van der Waals surface area (Å²) in [6.45, 7) is 8.32. The van der Waals surface area contributed by atoms with Crippen molar-refractivity contribution in [2.24, 2.45) is 0 Å². The minimum atomic E-state index is -0.708. The number of benzene rings is 1. The number of nitriles is 1. The fraction of sp³-hybridized carbons (Fsp3) is 0.533. The first-order chi connectivity index (χ1) is 8.96. The molecule has 0 saturated carbocycles. The van der Waals surface area contributed by atoms with Crippen molar-refractivity contribution in [3.8, 4) is 11.8 Å². The number of para-hydroxylation sites is 1. The smallest absolute Gasteiger partial charge is 0.137 e. The molecule has 1 aromatic rings. The Morgan fingerprint density at radius 2 is 2.05 bits per heavy atom. The van der Waals surface area contributed by atoms with Crippen LogP contribution in [0.4, 0.5) is 0 Å². The molecule has 1 rings (SSSR count). The fourth-order valence-corrected chi connectivity index (χ4v) is 1.87. The second-order valence-electron chi connectivity index (χ2n) is 5.14. The third kappa shape index (κ3) is 5.73. The molecule has 4 heteroatoms. The van der Waals surface area contributed by atoms with Crippen molar-refractivity contribution < 1.29 is 9.84 Å². The van der Waals surface area contributed by atoms with Gasteiger partial charge in [-0.3, -0.25) is 4.90 Å². The molecule has 0 aliphatic carbocycles. The van der Waals surface area contributed by atoms with Crippen LogP contribution in [-0.2, 0) is 0 Å². The fourth-order valence-electron chi connectivity index (χ4n) is 1.87. The van der Waals surface area contributed by atoms with Gasteiger partial charge in [-0.15, -0.1) is 0 Å². The lowest BCUT2D eigenvalue weighted by atomic mass is 10.1. The van der Waals surface area contributed by atoms with Gasteiger partial charge in [-0.05, 0) is 32.5 Å². The average molecular weight is 262 g/mol. The largest absolute Gasteiger partial charge is 0.491 e. The second kappa shape index (κ2) is 7.13. The van der Waals surface area contributed by atoms with Gasteiger partial charge in [0.05, 0.1) is 11.2 Å². The van der Waals surface area contributed by atoms with E-state index in [1.165, 1.54) is 0 Å².